The topological polar surface area (TPSA) is 57.0 Å². The molecule has 2 aromatic rings. The summed E-state index contributed by atoms with van der Waals surface area (Å²) in [4.78, 5) is 16.0. The van der Waals surface area contributed by atoms with Gasteiger partial charge in [-0.15, -0.1) is 0 Å². The summed E-state index contributed by atoms with van der Waals surface area (Å²) in [7, 11) is 1.83. The smallest absolute Gasteiger partial charge is 0.164 e. The molecule has 1 aromatic heterocycles. The first-order valence-electron chi connectivity index (χ1n) is 6.36. The van der Waals surface area contributed by atoms with Crippen molar-refractivity contribution in [1.29, 1.82) is 0 Å². The summed E-state index contributed by atoms with van der Waals surface area (Å²) in [5.74, 6) is 1.76. The van der Waals surface area contributed by atoms with Gasteiger partial charge in [-0.05, 0) is 18.9 Å². The number of benzene rings is 1. The van der Waals surface area contributed by atoms with Gasteiger partial charge in [-0.2, -0.15) is 5.10 Å². The molecule has 98 valence electrons. The molecule has 0 saturated carbocycles. The highest BCUT2D eigenvalue weighted by atomic mass is 16.5. The predicted octanol–water partition coefficient (Wildman–Crippen LogP) is 1.91. The fourth-order valence-electron chi connectivity index (χ4n) is 2.37. The SMILES string of the molecule is Cn1ncnc1COc1cccc2c1CCCC2=O. The summed E-state index contributed by atoms with van der Waals surface area (Å²) in [6.07, 6.45) is 3.94. The Hall–Kier alpha value is -2.17. The average Bonchev–Trinajstić information content (AvgIpc) is 2.82. The number of aryl methyl sites for hydroxylation is 1. The van der Waals surface area contributed by atoms with Gasteiger partial charge in [0.05, 0.1) is 0 Å². The maximum Gasteiger partial charge on any atom is 0.164 e. The van der Waals surface area contributed by atoms with Gasteiger partial charge in [0.15, 0.2) is 11.6 Å². The Kier molecular flexibility index (Phi) is 3.03. The number of ketones is 1. The van der Waals surface area contributed by atoms with Crippen molar-refractivity contribution in [3.8, 4) is 5.75 Å². The Morgan fingerprint density at radius 1 is 1.37 bits per heavy atom. The summed E-state index contributed by atoms with van der Waals surface area (Å²) in [5.41, 5.74) is 1.84. The third-order valence-electron chi connectivity index (χ3n) is 3.43. The monoisotopic (exact) mass is 257 g/mol. The van der Waals surface area contributed by atoms with E-state index in [9.17, 15) is 4.79 Å². The maximum absolute atomic E-state index is 11.8. The fourth-order valence-corrected chi connectivity index (χ4v) is 2.37. The van der Waals surface area contributed by atoms with Gasteiger partial charge in [0.25, 0.3) is 0 Å². The zero-order valence-electron chi connectivity index (χ0n) is 10.8. The van der Waals surface area contributed by atoms with Crippen LogP contribution < -0.4 is 4.74 Å². The van der Waals surface area contributed by atoms with Crippen molar-refractivity contribution in [3.63, 3.8) is 0 Å². The second-order valence-electron chi connectivity index (χ2n) is 4.65. The number of rotatable bonds is 3. The summed E-state index contributed by atoms with van der Waals surface area (Å²) in [6.45, 7) is 0.362. The highest BCUT2D eigenvalue weighted by Gasteiger charge is 2.20. The first kappa shape index (κ1) is 11.9. The minimum Gasteiger partial charge on any atom is -0.485 e. The lowest BCUT2D eigenvalue weighted by molar-refractivity contribution is 0.0971. The van der Waals surface area contributed by atoms with Gasteiger partial charge in [0.1, 0.15) is 18.7 Å². The van der Waals surface area contributed by atoms with Crippen molar-refractivity contribution in [2.45, 2.75) is 25.9 Å². The molecule has 0 unspecified atom stereocenters. The van der Waals surface area contributed by atoms with E-state index < -0.39 is 0 Å². The lowest BCUT2D eigenvalue weighted by Gasteiger charge is -2.18. The second kappa shape index (κ2) is 4.84. The Balaban J connectivity index is 1.84. The van der Waals surface area contributed by atoms with Crippen LogP contribution in [0.3, 0.4) is 0 Å². The van der Waals surface area contributed by atoms with Crippen molar-refractivity contribution >= 4 is 5.78 Å². The van der Waals surface area contributed by atoms with Crippen molar-refractivity contribution in [2.24, 2.45) is 7.05 Å². The molecular formula is C14H15N3O2. The normalized spacial score (nSPS) is 14.3. The molecule has 0 N–H and O–H groups in total. The van der Waals surface area contributed by atoms with E-state index in [1.807, 2.05) is 25.2 Å². The molecule has 0 amide bonds. The first-order valence-corrected chi connectivity index (χ1v) is 6.36. The van der Waals surface area contributed by atoms with Crippen LogP contribution >= 0.6 is 0 Å². The summed E-state index contributed by atoms with van der Waals surface area (Å²) < 4.78 is 7.48. The lowest BCUT2D eigenvalue weighted by Crippen LogP contribution is -2.13. The van der Waals surface area contributed by atoms with E-state index in [1.54, 1.807) is 4.68 Å². The predicted molar refractivity (Wildman–Crippen MR) is 69.0 cm³/mol. The number of ether oxygens (including phenoxy) is 1. The number of Topliss-reactive ketones (excluding diaryl/α,β-unsaturated/α-hetero) is 1. The Labute approximate surface area is 111 Å². The molecule has 1 aliphatic rings. The maximum atomic E-state index is 11.8. The van der Waals surface area contributed by atoms with Crippen molar-refractivity contribution in [3.05, 3.63) is 41.5 Å². The van der Waals surface area contributed by atoms with Crippen LogP contribution in [0, 0.1) is 0 Å². The van der Waals surface area contributed by atoms with Gasteiger partial charge < -0.3 is 4.74 Å². The summed E-state index contributed by atoms with van der Waals surface area (Å²) in [6, 6.07) is 5.66. The molecule has 0 saturated heterocycles. The van der Waals surface area contributed by atoms with Gasteiger partial charge in [0.2, 0.25) is 0 Å². The van der Waals surface area contributed by atoms with E-state index in [4.69, 9.17) is 4.74 Å². The fraction of sp³-hybridized carbons (Fsp3) is 0.357. The van der Waals surface area contributed by atoms with Crippen molar-refractivity contribution < 1.29 is 9.53 Å². The van der Waals surface area contributed by atoms with E-state index in [0.717, 1.165) is 35.5 Å². The third kappa shape index (κ3) is 2.23. The average molecular weight is 257 g/mol. The van der Waals surface area contributed by atoms with Crippen LogP contribution in [0.4, 0.5) is 0 Å². The highest BCUT2D eigenvalue weighted by molar-refractivity contribution is 5.99. The zero-order valence-corrected chi connectivity index (χ0v) is 10.8. The minimum absolute atomic E-state index is 0.213. The van der Waals surface area contributed by atoms with Crippen LogP contribution in [0.5, 0.6) is 5.75 Å². The lowest BCUT2D eigenvalue weighted by atomic mass is 9.90. The largest absolute Gasteiger partial charge is 0.485 e. The summed E-state index contributed by atoms with van der Waals surface area (Å²) >= 11 is 0. The van der Waals surface area contributed by atoms with Crippen LogP contribution in [0.2, 0.25) is 0 Å². The zero-order chi connectivity index (χ0) is 13.2. The number of nitrogens with zero attached hydrogens (tertiary/aromatic N) is 3. The van der Waals surface area contributed by atoms with Crippen LogP contribution in [0.15, 0.2) is 24.5 Å². The highest BCUT2D eigenvalue weighted by Crippen LogP contribution is 2.29. The molecular weight excluding hydrogens is 242 g/mol. The van der Waals surface area contributed by atoms with E-state index in [2.05, 4.69) is 10.1 Å². The van der Waals surface area contributed by atoms with Gasteiger partial charge in [-0.25, -0.2) is 4.98 Å². The number of hydrogen-bond donors (Lipinski definition) is 0. The van der Waals surface area contributed by atoms with Crippen LogP contribution in [-0.4, -0.2) is 20.5 Å². The Bertz CT molecular complexity index is 619. The molecule has 5 nitrogen and oxygen atoms in total. The first-order chi connectivity index (χ1) is 9.25. The van der Waals surface area contributed by atoms with E-state index >= 15 is 0 Å². The number of carbonyl (C=O) groups is 1. The molecule has 5 heteroatoms. The molecule has 3 rings (SSSR count). The third-order valence-corrected chi connectivity index (χ3v) is 3.43. The van der Waals surface area contributed by atoms with E-state index in [-0.39, 0.29) is 5.78 Å². The molecule has 0 atom stereocenters. The molecule has 0 radical (unpaired) electrons. The number of fused-ring (bicyclic) bond motifs is 1. The Morgan fingerprint density at radius 3 is 3.05 bits per heavy atom. The summed E-state index contributed by atoms with van der Waals surface area (Å²) in [5, 5.41) is 4.00. The Morgan fingerprint density at radius 2 is 2.26 bits per heavy atom. The van der Waals surface area contributed by atoms with E-state index in [0.29, 0.717) is 13.0 Å². The molecule has 1 aliphatic carbocycles. The molecule has 0 bridgehead atoms. The van der Waals surface area contributed by atoms with Gasteiger partial charge in [-0.3, -0.25) is 9.48 Å². The van der Waals surface area contributed by atoms with Crippen LogP contribution in [0.1, 0.15) is 34.6 Å². The quantitative estimate of drug-likeness (QED) is 0.842. The molecule has 0 aliphatic heterocycles. The van der Waals surface area contributed by atoms with Gasteiger partial charge in [-0.1, -0.05) is 12.1 Å². The van der Waals surface area contributed by atoms with Crippen LogP contribution in [0.25, 0.3) is 0 Å². The molecule has 0 fully saturated rings. The number of hydrogen-bond acceptors (Lipinski definition) is 4. The number of aromatic nitrogens is 3. The van der Waals surface area contributed by atoms with E-state index in [1.165, 1.54) is 6.33 Å². The second-order valence-corrected chi connectivity index (χ2v) is 4.65. The molecule has 19 heavy (non-hydrogen) atoms. The van der Waals surface area contributed by atoms with Gasteiger partial charge in [0, 0.05) is 24.6 Å². The van der Waals surface area contributed by atoms with Gasteiger partial charge >= 0.3 is 0 Å². The molecule has 0 spiro atoms. The standard InChI is InChI=1S/C14H15N3O2/c1-17-14(15-9-16-17)8-19-13-7-3-4-10-11(13)5-2-6-12(10)18/h3-4,7,9H,2,5-6,8H2,1H3. The van der Waals surface area contributed by atoms with Crippen molar-refractivity contribution in [2.75, 3.05) is 0 Å². The van der Waals surface area contributed by atoms with Crippen LogP contribution in [-0.2, 0) is 20.1 Å². The molecule has 1 aromatic carbocycles. The molecule has 1 heterocycles. The number of carbonyl (C=O) groups excluding carboxylic acids is 1. The minimum atomic E-state index is 0.213. The van der Waals surface area contributed by atoms with Crippen molar-refractivity contribution in [1.82, 2.24) is 14.8 Å².